The lowest BCUT2D eigenvalue weighted by atomic mass is 9.84. The van der Waals surface area contributed by atoms with Gasteiger partial charge in [-0.15, -0.1) is 0 Å². The maximum atomic E-state index is 5.68. The summed E-state index contributed by atoms with van der Waals surface area (Å²) in [4.78, 5) is 2.32. The molecular weight excluding hydrogens is 174 g/mol. The van der Waals surface area contributed by atoms with Crippen LogP contribution in [0.3, 0.4) is 0 Å². The molecule has 2 unspecified atom stereocenters. The molecule has 1 fully saturated rings. The van der Waals surface area contributed by atoms with Crippen LogP contribution in [0, 0.1) is 11.3 Å². The van der Waals surface area contributed by atoms with Gasteiger partial charge in [-0.2, -0.15) is 0 Å². The summed E-state index contributed by atoms with van der Waals surface area (Å²) in [5, 5.41) is 0. The van der Waals surface area contributed by atoms with Gasteiger partial charge < -0.3 is 4.74 Å². The summed E-state index contributed by atoms with van der Waals surface area (Å²) in [5.74, 6) is 0.751. The van der Waals surface area contributed by atoms with Crippen LogP contribution in [0.25, 0.3) is 0 Å². The van der Waals surface area contributed by atoms with Crippen LogP contribution >= 0.6 is 0 Å². The highest BCUT2D eigenvalue weighted by molar-refractivity contribution is 4.72. The second kappa shape index (κ2) is 4.63. The van der Waals surface area contributed by atoms with Crippen molar-refractivity contribution in [3.63, 3.8) is 0 Å². The van der Waals surface area contributed by atoms with E-state index >= 15 is 0 Å². The van der Waals surface area contributed by atoms with Crippen LogP contribution in [0.1, 0.15) is 40.5 Å². The Kier molecular flexibility index (Phi) is 3.96. The summed E-state index contributed by atoms with van der Waals surface area (Å²) in [6.45, 7) is 11.3. The Hall–Kier alpha value is -0.0800. The zero-order chi connectivity index (χ0) is 10.8. The van der Waals surface area contributed by atoms with E-state index in [2.05, 4.69) is 39.6 Å². The molecule has 14 heavy (non-hydrogen) atoms. The van der Waals surface area contributed by atoms with E-state index in [1.807, 2.05) is 0 Å². The van der Waals surface area contributed by atoms with Crippen molar-refractivity contribution in [2.45, 2.75) is 46.8 Å². The molecular formula is C12H25NO. The molecule has 1 rings (SSSR count). The molecule has 0 radical (unpaired) electrons. The molecule has 0 aliphatic carbocycles. The fraction of sp³-hybridized carbons (Fsp3) is 1.00. The quantitative estimate of drug-likeness (QED) is 0.693. The Labute approximate surface area is 88.6 Å². The normalized spacial score (nSPS) is 26.8. The Morgan fingerprint density at radius 1 is 1.43 bits per heavy atom. The third-order valence-corrected chi connectivity index (χ3v) is 2.81. The van der Waals surface area contributed by atoms with Crippen LogP contribution in [0.5, 0.6) is 0 Å². The molecule has 1 aliphatic rings. The number of nitrogens with zero attached hydrogens (tertiary/aromatic N) is 1. The van der Waals surface area contributed by atoms with Crippen molar-refractivity contribution in [1.82, 2.24) is 4.90 Å². The van der Waals surface area contributed by atoms with Gasteiger partial charge in [0.15, 0.2) is 0 Å². The van der Waals surface area contributed by atoms with E-state index < -0.39 is 0 Å². The van der Waals surface area contributed by atoms with Crippen LogP contribution in [-0.2, 0) is 4.74 Å². The lowest BCUT2D eigenvalue weighted by Gasteiger charge is -2.27. The van der Waals surface area contributed by atoms with Crippen LogP contribution in [0.15, 0.2) is 0 Å². The molecule has 0 N–H and O–H groups in total. The Morgan fingerprint density at radius 3 is 2.50 bits per heavy atom. The van der Waals surface area contributed by atoms with Gasteiger partial charge in [0.2, 0.25) is 0 Å². The van der Waals surface area contributed by atoms with E-state index in [-0.39, 0.29) is 0 Å². The van der Waals surface area contributed by atoms with Gasteiger partial charge in [-0.3, -0.25) is 4.90 Å². The van der Waals surface area contributed by atoms with E-state index in [0.29, 0.717) is 11.6 Å². The van der Waals surface area contributed by atoms with E-state index in [9.17, 15) is 0 Å². The van der Waals surface area contributed by atoms with Gasteiger partial charge in [-0.25, -0.2) is 0 Å². The number of rotatable bonds is 3. The second-order valence-corrected chi connectivity index (χ2v) is 5.91. The fourth-order valence-electron chi connectivity index (χ4n) is 2.32. The Balaban J connectivity index is 2.29. The predicted molar refractivity (Wildman–Crippen MR) is 60.2 cm³/mol. The van der Waals surface area contributed by atoms with Crippen LogP contribution in [0.2, 0.25) is 0 Å². The highest BCUT2D eigenvalue weighted by atomic mass is 16.5. The van der Waals surface area contributed by atoms with Crippen molar-refractivity contribution < 1.29 is 4.74 Å². The minimum absolute atomic E-state index is 0.368. The first kappa shape index (κ1) is 12.0. The summed E-state index contributed by atoms with van der Waals surface area (Å²) >= 11 is 0. The maximum Gasteiger partial charge on any atom is 0.110 e. The van der Waals surface area contributed by atoms with Gasteiger partial charge in [-0.1, -0.05) is 27.7 Å². The predicted octanol–water partition coefficient (Wildman–Crippen LogP) is 2.74. The van der Waals surface area contributed by atoms with Crippen molar-refractivity contribution in [3.05, 3.63) is 0 Å². The molecule has 0 saturated carbocycles. The van der Waals surface area contributed by atoms with Crippen LogP contribution < -0.4 is 0 Å². The summed E-state index contributed by atoms with van der Waals surface area (Å²) in [5.41, 5.74) is 0.441. The van der Waals surface area contributed by atoms with Crippen molar-refractivity contribution in [2.24, 2.45) is 11.3 Å². The average Bonchev–Trinajstić information content (AvgIpc) is 2.32. The molecule has 0 aromatic rings. The third kappa shape index (κ3) is 3.97. The first-order chi connectivity index (χ1) is 6.38. The highest BCUT2D eigenvalue weighted by Gasteiger charge is 2.25. The Morgan fingerprint density at radius 2 is 2.07 bits per heavy atom. The van der Waals surface area contributed by atoms with Crippen LogP contribution in [-0.4, -0.2) is 31.3 Å². The van der Waals surface area contributed by atoms with Crippen molar-refractivity contribution in [2.75, 3.05) is 20.2 Å². The van der Waals surface area contributed by atoms with E-state index in [1.54, 1.807) is 0 Å². The van der Waals surface area contributed by atoms with Gasteiger partial charge in [-0.05, 0) is 31.2 Å². The molecule has 1 aliphatic heterocycles. The average molecular weight is 199 g/mol. The first-order valence-corrected chi connectivity index (χ1v) is 5.70. The van der Waals surface area contributed by atoms with Gasteiger partial charge in [0.1, 0.15) is 6.23 Å². The molecule has 84 valence electrons. The van der Waals surface area contributed by atoms with E-state index in [4.69, 9.17) is 4.74 Å². The molecule has 0 aromatic carbocycles. The zero-order valence-corrected chi connectivity index (χ0v) is 10.3. The monoisotopic (exact) mass is 199 g/mol. The van der Waals surface area contributed by atoms with Crippen LogP contribution in [0.4, 0.5) is 0 Å². The third-order valence-electron chi connectivity index (χ3n) is 2.81. The largest absolute Gasteiger partial charge is 0.362 e. The van der Waals surface area contributed by atoms with Gasteiger partial charge in [0.05, 0.1) is 6.61 Å². The summed E-state index contributed by atoms with van der Waals surface area (Å²) in [6, 6.07) is 0. The molecule has 0 amide bonds. The molecule has 2 atom stereocenters. The minimum Gasteiger partial charge on any atom is -0.362 e. The maximum absolute atomic E-state index is 5.68. The topological polar surface area (TPSA) is 12.5 Å². The highest BCUT2D eigenvalue weighted by Crippen LogP contribution is 2.28. The van der Waals surface area contributed by atoms with E-state index in [1.165, 1.54) is 12.8 Å². The van der Waals surface area contributed by atoms with Gasteiger partial charge >= 0.3 is 0 Å². The number of hydrogen-bond acceptors (Lipinski definition) is 2. The standard InChI is InChI=1S/C12H25NO/c1-10(9-12(2,3)4)8-11-13(5)6-7-14-11/h10-11H,6-9H2,1-5H3. The summed E-state index contributed by atoms with van der Waals surface area (Å²) in [6.07, 6.45) is 2.82. The lowest BCUT2D eigenvalue weighted by molar-refractivity contribution is 0.0232. The SMILES string of the molecule is CC(CC1OCCN1C)CC(C)(C)C. The number of ether oxygens (including phenoxy) is 1. The number of hydrogen-bond donors (Lipinski definition) is 0. The first-order valence-electron chi connectivity index (χ1n) is 5.70. The van der Waals surface area contributed by atoms with Gasteiger partial charge in [0.25, 0.3) is 0 Å². The summed E-state index contributed by atoms with van der Waals surface area (Å²) < 4.78 is 5.68. The smallest absolute Gasteiger partial charge is 0.110 e. The van der Waals surface area contributed by atoms with E-state index in [0.717, 1.165) is 19.1 Å². The lowest BCUT2D eigenvalue weighted by Crippen LogP contribution is -2.28. The number of likely N-dealkylation sites (N-methyl/N-ethyl adjacent to an activating group) is 1. The molecule has 0 bridgehead atoms. The Bertz CT molecular complexity index is 174. The molecule has 2 nitrogen and oxygen atoms in total. The zero-order valence-electron chi connectivity index (χ0n) is 10.3. The molecule has 2 heteroatoms. The molecule has 1 saturated heterocycles. The van der Waals surface area contributed by atoms with Crippen molar-refractivity contribution in [1.29, 1.82) is 0 Å². The molecule has 0 aromatic heterocycles. The van der Waals surface area contributed by atoms with Gasteiger partial charge in [0, 0.05) is 6.54 Å². The van der Waals surface area contributed by atoms with Crippen molar-refractivity contribution >= 4 is 0 Å². The summed E-state index contributed by atoms with van der Waals surface area (Å²) in [7, 11) is 2.15. The van der Waals surface area contributed by atoms with Crippen molar-refractivity contribution in [3.8, 4) is 0 Å². The minimum atomic E-state index is 0.368. The molecule has 1 heterocycles. The molecule has 0 spiro atoms. The fourth-order valence-corrected chi connectivity index (χ4v) is 2.32. The second-order valence-electron chi connectivity index (χ2n) is 5.91.